The number of ether oxygens (including phenoxy) is 1. The third-order valence-electron chi connectivity index (χ3n) is 14.5. The lowest BCUT2D eigenvalue weighted by molar-refractivity contribution is -0.242. The second-order valence-electron chi connectivity index (χ2n) is 16.0. The lowest BCUT2D eigenvalue weighted by Gasteiger charge is -2.72. The number of benzene rings is 1. The molecule has 4 fully saturated rings. The van der Waals surface area contributed by atoms with Crippen LogP contribution in [0.15, 0.2) is 42.5 Å². The van der Waals surface area contributed by atoms with Gasteiger partial charge in [-0.05, 0) is 127 Å². The van der Waals surface area contributed by atoms with E-state index in [0.29, 0.717) is 30.0 Å². The van der Waals surface area contributed by atoms with Gasteiger partial charge in [0.25, 0.3) is 6.47 Å². The monoisotopic (exact) mass is 574 g/mol. The van der Waals surface area contributed by atoms with E-state index in [9.17, 15) is 19.8 Å². The maximum Gasteiger partial charge on any atom is 0.309 e. The normalized spacial score (nSPS) is 45.4. The van der Waals surface area contributed by atoms with Crippen molar-refractivity contribution in [2.45, 2.75) is 99.0 Å². The highest BCUT2D eigenvalue weighted by molar-refractivity contribution is 5.76. The van der Waals surface area contributed by atoms with E-state index in [1.807, 2.05) is 24.3 Å². The van der Waals surface area contributed by atoms with Crippen LogP contribution >= 0.6 is 0 Å². The van der Waals surface area contributed by atoms with Gasteiger partial charge in [0.2, 0.25) is 0 Å². The van der Waals surface area contributed by atoms with Crippen molar-refractivity contribution in [3.8, 4) is 5.75 Å². The third-order valence-corrected chi connectivity index (χ3v) is 14.5. The number of carboxylic acids is 1. The summed E-state index contributed by atoms with van der Waals surface area (Å²) in [4.78, 5) is 23.7. The van der Waals surface area contributed by atoms with Crippen LogP contribution in [0.4, 0.5) is 0 Å². The summed E-state index contributed by atoms with van der Waals surface area (Å²) in [5.74, 6) is 1.38. The molecule has 0 saturated heterocycles. The van der Waals surface area contributed by atoms with Gasteiger partial charge in [-0.2, -0.15) is 0 Å². The molecule has 0 aliphatic heterocycles. The van der Waals surface area contributed by atoms with E-state index in [1.165, 1.54) is 0 Å². The molecule has 0 spiro atoms. The first-order valence-electron chi connectivity index (χ1n) is 16.2. The first-order chi connectivity index (χ1) is 19.7. The Labute approximate surface area is 251 Å². The maximum atomic E-state index is 12.9. The van der Waals surface area contributed by atoms with E-state index in [2.05, 4.69) is 54.2 Å². The van der Waals surface area contributed by atoms with Crippen LogP contribution in [0.25, 0.3) is 5.57 Å². The molecule has 42 heavy (non-hydrogen) atoms. The van der Waals surface area contributed by atoms with Crippen LogP contribution in [0.1, 0.15) is 98.5 Å². The van der Waals surface area contributed by atoms with Crippen molar-refractivity contribution in [2.24, 2.45) is 56.7 Å². The Morgan fingerprint density at radius 3 is 2.24 bits per heavy atom. The highest BCUT2D eigenvalue weighted by Gasteiger charge is 2.72. The Balaban J connectivity index is 1.39. The SMILES string of the molecule is C=C(C)[C@@H]1CC[C@]2(C(=O)O)CC[C@]3(C)[C@H](CC[C@@H]4[C@@]5(C)[C@@H](O)C=C(c6ccc(OC=O)cc6)C(C)(C)[C@@H]5CC[C@]43C)[C@@H]12. The molecular weight excluding hydrogens is 524 g/mol. The molecule has 5 nitrogen and oxygen atoms in total. The van der Waals surface area contributed by atoms with Gasteiger partial charge < -0.3 is 14.9 Å². The van der Waals surface area contributed by atoms with E-state index < -0.39 is 17.5 Å². The average molecular weight is 575 g/mol. The molecule has 0 aromatic heterocycles. The Kier molecular flexibility index (Phi) is 6.74. The van der Waals surface area contributed by atoms with Crippen LogP contribution < -0.4 is 4.74 Å². The van der Waals surface area contributed by atoms with E-state index in [1.54, 1.807) is 0 Å². The number of aliphatic hydroxyl groups excluding tert-OH is 1. The summed E-state index contributed by atoms with van der Waals surface area (Å²) < 4.78 is 5.02. The quantitative estimate of drug-likeness (QED) is 0.276. The maximum absolute atomic E-state index is 12.9. The number of aliphatic carboxylic acids is 1. The second-order valence-corrected chi connectivity index (χ2v) is 16.0. The van der Waals surface area contributed by atoms with Gasteiger partial charge in [-0.1, -0.05) is 65.0 Å². The minimum absolute atomic E-state index is 0.0181. The summed E-state index contributed by atoms with van der Waals surface area (Å²) in [6.07, 6.45) is 9.19. The summed E-state index contributed by atoms with van der Waals surface area (Å²) in [6.45, 7) is 19.0. The smallest absolute Gasteiger partial charge is 0.309 e. The number of hydrogen-bond acceptors (Lipinski definition) is 4. The number of hydrogen-bond donors (Lipinski definition) is 2. The molecule has 6 rings (SSSR count). The molecule has 1 aromatic rings. The fourth-order valence-corrected chi connectivity index (χ4v) is 12.3. The van der Waals surface area contributed by atoms with Crippen LogP contribution in [0.2, 0.25) is 0 Å². The first-order valence-corrected chi connectivity index (χ1v) is 16.2. The predicted octanol–water partition coefficient (Wildman–Crippen LogP) is 7.93. The van der Waals surface area contributed by atoms with E-state index in [-0.39, 0.29) is 33.5 Å². The Morgan fingerprint density at radius 1 is 0.929 bits per heavy atom. The van der Waals surface area contributed by atoms with Crippen LogP contribution in [0.5, 0.6) is 5.75 Å². The number of fused-ring (bicyclic) bond motifs is 7. The molecule has 2 N–H and O–H groups in total. The van der Waals surface area contributed by atoms with Gasteiger partial charge in [-0.3, -0.25) is 9.59 Å². The molecule has 5 heteroatoms. The molecule has 5 aliphatic rings. The average Bonchev–Trinajstić information content (AvgIpc) is 3.34. The molecule has 4 saturated carbocycles. The zero-order chi connectivity index (χ0) is 30.5. The van der Waals surface area contributed by atoms with Crippen molar-refractivity contribution in [3.63, 3.8) is 0 Å². The predicted molar refractivity (Wildman–Crippen MR) is 164 cm³/mol. The summed E-state index contributed by atoms with van der Waals surface area (Å²) >= 11 is 0. The molecule has 5 aliphatic carbocycles. The van der Waals surface area contributed by atoms with E-state index >= 15 is 0 Å². The molecule has 0 bridgehead atoms. The van der Waals surface area contributed by atoms with Gasteiger partial charge >= 0.3 is 5.97 Å². The first kappa shape index (κ1) is 29.7. The lowest BCUT2D eigenvalue weighted by Crippen LogP contribution is -2.68. The number of allylic oxidation sites excluding steroid dienone is 2. The largest absolute Gasteiger partial charge is 0.481 e. The Bertz CT molecular complexity index is 1330. The third kappa shape index (κ3) is 3.64. The van der Waals surface area contributed by atoms with Crippen LogP contribution in [0.3, 0.4) is 0 Å². The number of carboxylic acid groups (broad SMARTS) is 1. The fraction of sp³-hybridized carbons (Fsp3) is 0.676. The van der Waals surface area contributed by atoms with Crippen molar-refractivity contribution >= 4 is 18.0 Å². The molecule has 228 valence electrons. The summed E-state index contributed by atoms with van der Waals surface area (Å²) in [5, 5.41) is 22.8. The van der Waals surface area contributed by atoms with E-state index in [0.717, 1.165) is 68.1 Å². The van der Waals surface area contributed by atoms with Gasteiger partial charge in [-0.25, -0.2) is 0 Å². The number of carbonyl (C=O) groups is 2. The molecular formula is C37H50O5. The molecule has 0 radical (unpaired) electrons. The number of rotatable bonds is 5. The summed E-state index contributed by atoms with van der Waals surface area (Å²) in [7, 11) is 0. The highest BCUT2D eigenvalue weighted by Crippen LogP contribution is 2.77. The van der Waals surface area contributed by atoms with Gasteiger partial charge in [0.05, 0.1) is 11.5 Å². The topological polar surface area (TPSA) is 83.8 Å². The highest BCUT2D eigenvalue weighted by atomic mass is 16.5. The number of aliphatic hydroxyl groups is 1. The second kappa shape index (κ2) is 9.55. The van der Waals surface area contributed by atoms with E-state index in [4.69, 9.17) is 4.74 Å². The van der Waals surface area contributed by atoms with Gasteiger partial charge in [0, 0.05) is 5.41 Å². The zero-order valence-electron chi connectivity index (χ0n) is 26.4. The fourth-order valence-electron chi connectivity index (χ4n) is 12.3. The van der Waals surface area contributed by atoms with Gasteiger partial charge in [0.15, 0.2) is 0 Å². The van der Waals surface area contributed by atoms with Crippen molar-refractivity contribution < 1.29 is 24.5 Å². The van der Waals surface area contributed by atoms with Crippen molar-refractivity contribution in [1.82, 2.24) is 0 Å². The Hall–Kier alpha value is -2.40. The summed E-state index contributed by atoms with van der Waals surface area (Å²) in [5.41, 5.74) is 2.38. The number of carbonyl (C=O) groups excluding carboxylic acids is 1. The van der Waals surface area contributed by atoms with Gasteiger partial charge in [-0.15, -0.1) is 0 Å². The van der Waals surface area contributed by atoms with Crippen LogP contribution in [-0.2, 0) is 9.59 Å². The summed E-state index contributed by atoms with van der Waals surface area (Å²) in [6, 6.07) is 7.64. The van der Waals surface area contributed by atoms with Crippen LogP contribution in [0, 0.1) is 56.7 Å². The Morgan fingerprint density at radius 2 is 1.62 bits per heavy atom. The molecule has 0 amide bonds. The standard InChI is InChI=1S/C37H50O5/c1-22(2)25-14-17-37(32(40)41)19-18-34(5)26(31(25)37)12-13-29-35(34,6)16-15-28-33(3,4)27(20-30(39)36(28,29)7)23-8-10-24(11-9-23)42-21-38/h8-11,20-21,25-26,28-31,39H,1,12-19H2,2-7H3,(H,40,41)/t25-,26+,28-,29-,30-,31+,34+,35+,36-,37-/m0/s1. The van der Waals surface area contributed by atoms with Crippen molar-refractivity contribution in [3.05, 3.63) is 48.1 Å². The molecule has 0 unspecified atom stereocenters. The molecule has 10 atom stereocenters. The molecule has 1 aromatic carbocycles. The van der Waals surface area contributed by atoms with Crippen LogP contribution in [-0.4, -0.2) is 28.8 Å². The minimum atomic E-state index is -0.617. The minimum Gasteiger partial charge on any atom is -0.481 e. The van der Waals surface area contributed by atoms with Crippen molar-refractivity contribution in [2.75, 3.05) is 0 Å². The lowest BCUT2D eigenvalue weighted by atomic mass is 9.32. The zero-order valence-corrected chi connectivity index (χ0v) is 26.4. The van der Waals surface area contributed by atoms with Crippen molar-refractivity contribution in [1.29, 1.82) is 0 Å². The molecule has 0 heterocycles. The van der Waals surface area contributed by atoms with Gasteiger partial charge in [0.1, 0.15) is 5.75 Å².